The maximum absolute atomic E-state index is 5.24. The highest BCUT2D eigenvalue weighted by Gasteiger charge is 2.09. The van der Waals surface area contributed by atoms with Crippen LogP contribution in [-0.4, -0.2) is 26.0 Å². The molecule has 0 aliphatic rings. The lowest BCUT2D eigenvalue weighted by molar-refractivity contribution is 0.413. The Labute approximate surface area is 104 Å². The summed E-state index contributed by atoms with van der Waals surface area (Å²) >= 11 is 4.19. The lowest BCUT2D eigenvalue weighted by Gasteiger charge is -2.16. The second-order valence-electron chi connectivity index (χ2n) is 3.81. The average Bonchev–Trinajstić information content (AvgIpc) is 2.35. The normalized spacial score (nSPS) is 12.4. The van der Waals surface area contributed by atoms with Gasteiger partial charge in [-0.25, -0.2) is 0 Å². The predicted octanol–water partition coefficient (Wildman–Crippen LogP) is 2.71. The van der Waals surface area contributed by atoms with Gasteiger partial charge in [-0.3, -0.25) is 0 Å². The summed E-state index contributed by atoms with van der Waals surface area (Å²) in [6, 6.07) is 8.32. The van der Waals surface area contributed by atoms with Crippen molar-refractivity contribution in [1.82, 2.24) is 5.32 Å². The van der Waals surface area contributed by atoms with Gasteiger partial charge in [0.2, 0.25) is 0 Å². The van der Waals surface area contributed by atoms with Gasteiger partial charge >= 0.3 is 0 Å². The maximum atomic E-state index is 5.24. The predicted molar refractivity (Wildman–Crippen MR) is 72.7 cm³/mol. The Kier molecular flexibility index (Phi) is 6.34. The van der Waals surface area contributed by atoms with E-state index in [4.69, 9.17) is 4.74 Å². The summed E-state index contributed by atoms with van der Waals surface area (Å²) < 4.78 is 5.24. The first-order valence-electron chi connectivity index (χ1n) is 5.77. The zero-order chi connectivity index (χ0) is 11.8. The van der Waals surface area contributed by atoms with Crippen LogP contribution in [0.15, 0.2) is 24.3 Å². The van der Waals surface area contributed by atoms with Crippen LogP contribution in [0.2, 0.25) is 0 Å². The van der Waals surface area contributed by atoms with Crippen LogP contribution in [0, 0.1) is 0 Å². The summed E-state index contributed by atoms with van der Waals surface area (Å²) in [5, 5.41) is 3.40. The summed E-state index contributed by atoms with van der Waals surface area (Å²) in [5.74, 6) is 2.37. The van der Waals surface area contributed by atoms with E-state index in [1.807, 2.05) is 6.07 Å². The van der Waals surface area contributed by atoms with E-state index in [2.05, 4.69) is 43.1 Å². The summed E-state index contributed by atoms with van der Waals surface area (Å²) in [6.07, 6.45) is 1.13. The van der Waals surface area contributed by atoms with Crippen LogP contribution in [0.3, 0.4) is 0 Å². The maximum Gasteiger partial charge on any atom is 0.119 e. The van der Waals surface area contributed by atoms with Crippen molar-refractivity contribution in [3.8, 4) is 5.75 Å². The zero-order valence-corrected chi connectivity index (χ0v) is 11.0. The largest absolute Gasteiger partial charge is 0.497 e. The minimum atomic E-state index is 0.551. The quantitative estimate of drug-likeness (QED) is 0.564. The van der Waals surface area contributed by atoms with Crippen molar-refractivity contribution in [1.29, 1.82) is 0 Å². The van der Waals surface area contributed by atoms with Crippen LogP contribution in [0.25, 0.3) is 0 Å². The molecule has 0 spiro atoms. The lowest BCUT2D eigenvalue weighted by atomic mass is 9.96. The van der Waals surface area contributed by atoms with Gasteiger partial charge in [0.25, 0.3) is 0 Å². The Morgan fingerprint density at radius 1 is 1.44 bits per heavy atom. The Morgan fingerprint density at radius 3 is 2.88 bits per heavy atom. The monoisotopic (exact) mass is 239 g/mol. The third-order valence-corrected chi connectivity index (χ3v) is 2.96. The highest BCUT2D eigenvalue weighted by molar-refractivity contribution is 7.80. The molecule has 1 N–H and O–H groups in total. The van der Waals surface area contributed by atoms with Crippen molar-refractivity contribution >= 4 is 12.6 Å². The lowest BCUT2D eigenvalue weighted by Crippen LogP contribution is -2.23. The van der Waals surface area contributed by atoms with E-state index in [0.29, 0.717) is 5.92 Å². The number of ether oxygens (including phenoxy) is 1. The number of rotatable bonds is 7. The van der Waals surface area contributed by atoms with Crippen LogP contribution in [0.5, 0.6) is 5.75 Å². The van der Waals surface area contributed by atoms with Gasteiger partial charge in [0.1, 0.15) is 5.75 Å². The van der Waals surface area contributed by atoms with Gasteiger partial charge in [0, 0.05) is 18.8 Å². The van der Waals surface area contributed by atoms with Gasteiger partial charge in [-0.1, -0.05) is 19.1 Å². The van der Waals surface area contributed by atoms with Crippen molar-refractivity contribution in [3.63, 3.8) is 0 Å². The molecule has 0 heterocycles. The van der Waals surface area contributed by atoms with Crippen molar-refractivity contribution in [2.45, 2.75) is 19.3 Å². The molecule has 16 heavy (non-hydrogen) atoms. The number of methoxy groups -OCH3 is 1. The van der Waals surface area contributed by atoms with Gasteiger partial charge in [-0.05, 0) is 30.0 Å². The van der Waals surface area contributed by atoms with E-state index >= 15 is 0 Å². The number of hydrogen-bond donors (Lipinski definition) is 2. The van der Waals surface area contributed by atoms with Crippen LogP contribution in [-0.2, 0) is 0 Å². The van der Waals surface area contributed by atoms with Crippen LogP contribution in [0.4, 0.5) is 0 Å². The number of hydrogen-bond acceptors (Lipinski definition) is 3. The molecule has 0 bridgehead atoms. The van der Waals surface area contributed by atoms with E-state index in [1.165, 1.54) is 5.56 Å². The molecule has 2 nitrogen and oxygen atoms in total. The minimum absolute atomic E-state index is 0.551. The topological polar surface area (TPSA) is 21.3 Å². The van der Waals surface area contributed by atoms with E-state index in [-0.39, 0.29) is 0 Å². The van der Waals surface area contributed by atoms with Gasteiger partial charge < -0.3 is 10.1 Å². The first-order chi connectivity index (χ1) is 7.81. The highest BCUT2D eigenvalue weighted by atomic mass is 32.1. The molecule has 1 atom stereocenters. The van der Waals surface area contributed by atoms with Crippen LogP contribution >= 0.6 is 12.6 Å². The molecule has 3 heteroatoms. The Balaban J connectivity index is 2.62. The van der Waals surface area contributed by atoms with Crippen molar-refractivity contribution in [3.05, 3.63) is 29.8 Å². The summed E-state index contributed by atoms with van der Waals surface area (Å²) in [4.78, 5) is 0. The summed E-state index contributed by atoms with van der Waals surface area (Å²) in [6.45, 7) is 4.18. The number of thiol groups is 1. The van der Waals surface area contributed by atoms with E-state index < -0.39 is 0 Å². The first-order valence-corrected chi connectivity index (χ1v) is 6.40. The fraction of sp³-hybridized carbons (Fsp3) is 0.538. The Hall–Kier alpha value is -0.670. The summed E-state index contributed by atoms with van der Waals surface area (Å²) in [5.41, 5.74) is 1.34. The fourth-order valence-electron chi connectivity index (χ4n) is 1.75. The first kappa shape index (κ1) is 13.4. The zero-order valence-electron chi connectivity index (χ0n) is 10.1. The second-order valence-corrected chi connectivity index (χ2v) is 4.26. The third-order valence-electron chi connectivity index (χ3n) is 2.74. The SMILES string of the molecule is CCC(CNCCS)c1cccc(OC)c1. The van der Waals surface area contributed by atoms with E-state index in [1.54, 1.807) is 7.11 Å². The van der Waals surface area contributed by atoms with Gasteiger partial charge in [-0.2, -0.15) is 12.6 Å². The van der Waals surface area contributed by atoms with Gasteiger partial charge in [0.05, 0.1) is 7.11 Å². The molecule has 1 aromatic rings. The van der Waals surface area contributed by atoms with Gasteiger partial charge in [0.15, 0.2) is 0 Å². The molecule has 1 aromatic carbocycles. The van der Waals surface area contributed by atoms with Crippen LogP contribution < -0.4 is 10.1 Å². The molecule has 90 valence electrons. The fourth-order valence-corrected chi connectivity index (χ4v) is 1.91. The molecule has 1 rings (SSSR count). The molecule has 0 aliphatic heterocycles. The Bertz CT molecular complexity index is 304. The average molecular weight is 239 g/mol. The third kappa shape index (κ3) is 4.06. The van der Waals surface area contributed by atoms with Gasteiger partial charge in [-0.15, -0.1) is 0 Å². The molecule has 1 unspecified atom stereocenters. The van der Waals surface area contributed by atoms with Crippen molar-refractivity contribution in [2.75, 3.05) is 26.0 Å². The minimum Gasteiger partial charge on any atom is -0.497 e. The Morgan fingerprint density at radius 2 is 2.25 bits per heavy atom. The molecule has 0 aromatic heterocycles. The summed E-state index contributed by atoms with van der Waals surface area (Å²) in [7, 11) is 1.71. The van der Waals surface area contributed by atoms with Crippen molar-refractivity contribution in [2.24, 2.45) is 0 Å². The number of nitrogens with one attached hydrogen (secondary N) is 1. The molecule has 0 saturated heterocycles. The molecular weight excluding hydrogens is 218 g/mol. The molecule has 0 amide bonds. The molecular formula is C13H21NOS. The second kappa shape index (κ2) is 7.58. The molecule has 0 radical (unpaired) electrons. The van der Waals surface area contributed by atoms with Crippen LogP contribution in [0.1, 0.15) is 24.8 Å². The van der Waals surface area contributed by atoms with E-state index in [9.17, 15) is 0 Å². The number of benzene rings is 1. The smallest absolute Gasteiger partial charge is 0.119 e. The van der Waals surface area contributed by atoms with Crippen molar-refractivity contribution < 1.29 is 4.74 Å². The molecule has 0 fully saturated rings. The molecule has 0 aliphatic carbocycles. The standard InChI is InChI=1S/C13H21NOS/c1-3-11(10-14-7-8-16)12-5-4-6-13(9-12)15-2/h4-6,9,11,14,16H,3,7-8,10H2,1-2H3. The van der Waals surface area contributed by atoms with E-state index in [0.717, 1.165) is 31.0 Å². The molecule has 0 saturated carbocycles. The highest BCUT2D eigenvalue weighted by Crippen LogP contribution is 2.22.